The summed E-state index contributed by atoms with van der Waals surface area (Å²) in [6.45, 7) is 4.73. The molecule has 0 radical (unpaired) electrons. The smallest absolute Gasteiger partial charge is 0.332 e. The van der Waals surface area contributed by atoms with E-state index in [2.05, 4.69) is 4.84 Å². The van der Waals surface area contributed by atoms with Crippen molar-refractivity contribution in [3.63, 3.8) is 0 Å². The van der Waals surface area contributed by atoms with Crippen molar-refractivity contribution in [2.75, 3.05) is 32.8 Å². The van der Waals surface area contributed by atoms with Crippen LogP contribution in [0.3, 0.4) is 0 Å². The Bertz CT molecular complexity index is 190. The second-order valence-electron chi connectivity index (χ2n) is 2.72. The Hall–Kier alpha value is 0.0300. The monoisotopic (exact) mass is 241 g/mol. The van der Waals surface area contributed by atoms with E-state index in [1.165, 1.54) is 0 Å². The van der Waals surface area contributed by atoms with E-state index in [0.717, 1.165) is 0 Å². The van der Waals surface area contributed by atoms with Crippen molar-refractivity contribution in [1.29, 1.82) is 0 Å². The molecule has 0 aromatic carbocycles. The van der Waals surface area contributed by atoms with E-state index in [0.29, 0.717) is 32.4 Å². The molecule has 0 heterocycles. The number of hydrogen-bond donors (Lipinski definition) is 1. The highest BCUT2D eigenvalue weighted by molar-refractivity contribution is 7.53. The maximum Gasteiger partial charge on any atom is 0.332 e. The zero-order valence-corrected chi connectivity index (χ0v) is 10.2. The minimum atomic E-state index is -2.94. The van der Waals surface area contributed by atoms with Crippen LogP contribution >= 0.6 is 7.60 Å². The number of ether oxygens (including phenoxy) is 1. The minimum absolute atomic E-state index is 0.0321. The summed E-state index contributed by atoms with van der Waals surface area (Å²) in [5, 5.41) is 0. The lowest BCUT2D eigenvalue weighted by molar-refractivity contribution is -0.00418. The topological polar surface area (TPSA) is 80.0 Å². The van der Waals surface area contributed by atoms with Crippen LogP contribution in [0.1, 0.15) is 20.3 Å². The zero-order chi connectivity index (χ0) is 11.6. The van der Waals surface area contributed by atoms with Gasteiger partial charge in [-0.1, -0.05) is 6.92 Å². The fourth-order valence-electron chi connectivity index (χ4n) is 0.837. The Morgan fingerprint density at radius 1 is 1.20 bits per heavy atom. The molecule has 15 heavy (non-hydrogen) atoms. The minimum Gasteiger partial charge on any atom is -0.355 e. The molecule has 0 aliphatic carbocycles. The lowest BCUT2D eigenvalue weighted by Gasteiger charge is -2.15. The summed E-state index contributed by atoms with van der Waals surface area (Å²) in [4.78, 5) is 4.35. The predicted octanol–water partition coefficient (Wildman–Crippen LogP) is 1.51. The Morgan fingerprint density at radius 3 is 2.47 bits per heavy atom. The molecule has 1 unspecified atom stereocenters. The summed E-state index contributed by atoms with van der Waals surface area (Å²) >= 11 is 0. The van der Waals surface area contributed by atoms with Gasteiger partial charge in [-0.05, 0) is 13.3 Å². The molecule has 0 spiro atoms. The van der Waals surface area contributed by atoms with Crippen molar-refractivity contribution in [2.24, 2.45) is 5.90 Å². The number of hydrogen-bond acceptors (Lipinski definition) is 6. The summed E-state index contributed by atoms with van der Waals surface area (Å²) < 4.78 is 26.8. The van der Waals surface area contributed by atoms with E-state index in [4.69, 9.17) is 19.7 Å². The molecule has 0 amide bonds. The van der Waals surface area contributed by atoms with E-state index in [1.54, 1.807) is 13.8 Å². The Labute approximate surface area is 90.5 Å². The van der Waals surface area contributed by atoms with Crippen LogP contribution in [0.15, 0.2) is 0 Å². The molecular weight excluding hydrogens is 221 g/mol. The van der Waals surface area contributed by atoms with Gasteiger partial charge in [0.1, 0.15) is 0 Å². The van der Waals surface area contributed by atoms with Gasteiger partial charge >= 0.3 is 7.60 Å². The SMILES string of the molecule is CCOP(=O)(CC)OCOCCCON. The average molecular weight is 241 g/mol. The molecule has 6 nitrogen and oxygen atoms in total. The summed E-state index contributed by atoms with van der Waals surface area (Å²) in [5.41, 5.74) is 0. The van der Waals surface area contributed by atoms with E-state index in [-0.39, 0.29) is 6.79 Å². The van der Waals surface area contributed by atoms with Gasteiger partial charge in [-0.15, -0.1) is 0 Å². The summed E-state index contributed by atoms with van der Waals surface area (Å²) in [6, 6.07) is 0. The first-order valence-electron chi connectivity index (χ1n) is 4.96. The molecule has 0 aliphatic heterocycles. The molecule has 0 fully saturated rings. The van der Waals surface area contributed by atoms with E-state index in [9.17, 15) is 4.57 Å². The molecule has 0 aromatic heterocycles. The molecule has 0 rings (SSSR count). The van der Waals surface area contributed by atoms with Crippen molar-refractivity contribution in [3.8, 4) is 0 Å². The molecule has 1 atom stereocenters. The van der Waals surface area contributed by atoms with Gasteiger partial charge < -0.3 is 14.1 Å². The third-order valence-corrected chi connectivity index (χ3v) is 3.52. The highest BCUT2D eigenvalue weighted by atomic mass is 31.2. The molecule has 0 saturated carbocycles. The van der Waals surface area contributed by atoms with E-state index in [1.807, 2.05) is 0 Å². The predicted molar refractivity (Wildman–Crippen MR) is 56.4 cm³/mol. The van der Waals surface area contributed by atoms with E-state index < -0.39 is 7.60 Å². The zero-order valence-electron chi connectivity index (χ0n) is 9.31. The standard InChI is InChI=1S/C8H20NO5P/c1-3-13-15(10,4-2)14-8-11-6-5-7-12-9/h3-9H2,1-2H3. The van der Waals surface area contributed by atoms with Crippen molar-refractivity contribution < 1.29 is 23.2 Å². The molecule has 7 heteroatoms. The van der Waals surface area contributed by atoms with Gasteiger partial charge in [0.2, 0.25) is 0 Å². The molecule has 0 bridgehead atoms. The first kappa shape index (κ1) is 15.0. The molecule has 0 aliphatic rings. The first-order chi connectivity index (χ1) is 7.18. The maximum atomic E-state index is 11.7. The van der Waals surface area contributed by atoms with Gasteiger partial charge in [0, 0.05) is 6.16 Å². The molecule has 2 N–H and O–H groups in total. The van der Waals surface area contributed by atoms with Crippen molar-refractivity contribution in [3.05, 3.63) is 0 Å². The maximum absolute atomic E-state index is 11.7. The van der Waals surface area contributed by atoms with Gasteiger partial charge in [0.25, 0.3) is 0 Å². The van der Waals surface area contributed by atoms with Crippen LogP contribution in [-0.4, -0.2) is 32.8 Å². The van der Waals surface area contributed by atoms with Crippen LogP contribution in [-0.2, 0) is 23.2 Å². The van der Waals surface area contributed by atoms with Crippen LogP contribution in [0.2, 0.25) is 0 Å². The quantitative estimate of drug-likeness (QED) is 0.270. The van der Waals surface area contributed by atoms with E-state index >= 15 is 0 Å². The highest BCUT2D eigenvalue weighted by Gasteiger charge is 2.20. The summed E-state index contributed by atoms with van der Waals surface area (Å²) in [5.74, 6) is 4.82. The number of rotatable bonds is 10. The molecule has 92 valence electrons. The van der Waals surface area contributed by atoms with Crippen molar-refractivity contribution in [2.45, 2.75) is 20.3 Å². The third-order valence-electron chi connectivity index (χ3n) is 1.60. The second-order valence-corrected chi connectivity index (χ2v) is 5.10. The van der Waals surface area contributed by atoms with Crippen molar-refractivity contribution >= 4 is 7.60 Å². The first-order valence-corrected chi connectivity index (χ1v) is 6.69. The largest absolute Gasteiger partial charge is 0.355 e. The Balaban J connectivity index is 3.50. The molecule has 0 aromatic rings. The van der Waals surface area contributed by atoms with Crippen LogP contribution in [0.4, 0.5) is 0 Å². The van der Waals surface area contributed by atoms with Gasteiger partial charge in [-0.2, -0.15) is 0 Å². The van der Waals surface area contributed by atoms with Crippen LogP contribution in [0, 0.1) is 0 Å². The Morgan fingerprint density at radius 2 is 1.93 bits per heavy atom. The molecule has 0 saturated heterocycles. The lowest BCUT2D eigenvalue weighted by Crippen LogP contribution is -2.07. The fourth-order valence-corrected chi connectivity index (χ4v) is 1.91. The molecular formula is C8H20NO5P. The normalized spacial score (nSPS) is 15.1. The van der Waals surface area contributed by atoms with Crippen LogP contribution in [0.25, 0.3) is 0 Å². The second kappa shape index (κ2) is 9.27. The van der Waals surface area contributed by atoms with Gasteiger partial charge in [0.15, 0.2) is 6.79 Å². The van der Waals surface area contributed by atoms with Gasteiger partial charge in [0.05, 0.1) is 19.8 Å². The van der Waals surface area contributed by atoms with Crippen LogP contribution in [0.5, 0.6) is 0 Å². The lowest BCUT2D eigenvalue weighted by atomic mass is 10.5. The summed E-state index contributed by atoms with van der Waals surface area (Å²) in [6.07, 6.45) is 1.01. The van der Waals surface area contributed by atoms with Gasteiger partial charge in [-0.3, -0.25) is 9.09 Å². The Kier molecular flexibility index (Phi) is 9.29. The van der Waals surface area contributed by atoms with Crippen molar-refractivity contribution in [1.82, 2.24) is 0 Å². The van der Waals surface area contributed by atoms with Crippen LogP contribution < -0.4 is 5.90 Å². The summed E-state index contributed by atoms with van der Waals surface area (Å²) in [7, 11) is -2.94. The average Bonchev–Trinajstić information content (AvgIpc) is 2.24. The number of nitrogens with two attached hydrogens (primary N) is 1. The fraction of sp³-hybridized carbons (Fsp3) is 1.00. The van der Waals surface area contributed by atoms with Gasteiger partial charge in [-0.25, -0.2) is 5.90 Å². The third kappa shape index (κ3) is 7.90. The highest BCUT2D eigenvalue weighted by Crippen LogP contribution is 2.47.